The summed E-state index contributed by atoms with van der Waals surface area (Å²) in [6, 6.07) is 11.0. The van der Waals surface area contributed by atoms with Gasteiger partial charge in [-0.1, -0.05) is 29.3 Å². The van der Waals surface area contributed by atoms with Crippen LogP contribution in [0.1, 0.15) is 18.1 Å². The third-order valence-electron chi connectivity index (χ3n) is 4.31. The third-order valence-corrected chi connectivity index (χ3v) is 5.50. The predicted molar refractivity (Wildman–Crippen MR) is 119 cm³/mol. The molecule has 1 aliphatic heterocycles. The van der Waals surface area contributed by atoms with Gasteiger partial charge in [0.25, 0.3) is 11.1 Å². The normalized spacial score (nSPS) is 15.1. The first-order valence-corrected chi connectivity index (χ1v) is 10.6. The molecule has 2 aromatic rings. The third kappa shape index (κ3) is 5.09. The van der Waals surface area contributed by atoms with Crippen LogP contribution in [-0.4, -0.2) is 42.9 Å². The van der Waals surface area contributed by atoms with Gasteiger partial charge in [0.1, 0.15) is 12.4 Å². The Kier molecular flexibility index (Phi) is 7.29. The van der Waals surface area contributed by atoms with Crippen LogP contribution in [0.2, 0.25) is 5.02 Å². The standard InChI is InChI=1S/C22H22ClNO5S/c1-4-28-18-12-15(11-17(23)20(18)27-3)13-19-21(25)24(22(26)30-19)9-10-29-16-7-5-14(2)6-8-16/h5-8,11-13H,4,9-10H2,1-3H3/b19-13-. The number of amides is 2. The van der Waals surface area contributed by atoms with Crippen LogP contribution in [0, 0.1) is 6.92 Å². The zero-order chi connectivity index (χ0) is 21.7. The van der Waals surface area contributed by atoms with Crippen molar-refractivity contribution in [2.24, 2.45) is 0 Å². The number of ether oxygens (including phenoxy) is 3. The molecule has 0 aromatic heterocycles. The first kappa shape index (κ1) is 22.1. The zero-order valence-corrected chi connectivity index (χ0v) is 18.5. The largest absolute Gasteiger partial charge is 0.492 e. The van der Waals surface area contributed by atoms with Gasteiger partial charge in [0.05, 0.1) is 30.2 Å². The Bertz CT molecular complexity index is 974. The minimum atomic E-state index is -0.359. The highest BCUT2D eigenvalue weighted by atomic mass is 35.5. The van der Waals surface area contributed by atoms with Crippen molar-refractivity contribution in [1.29, 1.82) is 0 Å². The van der Waals surface area contributed by atoms with E-state index in [1.807, 2.05) is 38.1 Å². The van der Waals surface area contributed by atoms with E-state index in [1.165, 1.54) is 12.0 Å². The molecule has 8 heteroatoms. The summed E-state index contributed by atoms with van der Waals surface area (Å²) in [5, 5.41) is 0.0313. The van der Waals surface area contributed by atoms with E-state index in [-0.39, 0.29) is 24.3 Å². The molecule has 3 rings (SSSR count). The molecule has 1 aliphatic rings. The number of rotatable bonds is 8. The molecule has 0 atom stereocenters. The number of hydrogen-bond donors (Lipinski definition) is 0. The highest BCUT2D eigenvalue weighted by Gasteiger charge is 2.34. The summed E-state index contributed by atoms with van der Waals surface area (Å²) in [5.74, 6) is 1.24. The molecule has 1 heterocycles. The zero-order valence-electron chi connectivity index (χ0n) is 16.9. The van der Waals surface area contributed by atoms with E-state index in [0.29, 0.717) is 39.3 Å². The lowest BCUT2D eigenvalue weighted by Crippen LogP contribution is -2.32. The summed E-state index contributed by atoms with van der Waals surface area (Å²) < 4.78 is 16.5. The lowest BCUT2D eigenvalue weighted by Gasteiger charge is -2.13. The number of aryl methyl sites for hydroxylation is 1. The van der Waals surface area contributed by atoms with Gasteiger partial charge < -0.3 is 14.2 Å². The monoisotopic (exact) mass is 447 g/mol. The molecule has 0 aliphatic carbocycles. The van der Waals surface area contributed by atoms with Gasteiger partial charge in [-0.25, -0.2) is 0 Å². The van der Waals surface area contributed by atoms with Crippen molar-refractivity contribution in [2.75, 3.05) is 26.9 Å². The molecule has 0 spiro atoms. The van der Waals surface area contributed by atoms with E-state index in [4.69, 9.17) is 25.8 Å². The first-order valence-electron chi connectivity index (χ1n) is 9.38. The first-order chi connectivity index (χ1) is 14.4. The molecule has 1 fully saturated rings. The second kappa shape index (κ2) is 9.91. The fraction of sp³-hybridized carbons (Fsp3) is 0.273. The quantitative estimate of drug-likeness (QED) is 0.520. The number of carbonyl (C=O) groups excluding carboxylic acids is 2. The topological polar surface area (TPSA) is 65.1 Å². The predicted octanol–water partition coefficient (Wildman–Crippen LogP) is 5.17. The molecule has 1 saturated heterocycles. The highest BCUT2D eigenvalue weighted by molar-refractivity contribution is 8.18. The van der Waals surface area contributed by atoms with E-state index in [0.717, 1.165) is 17.3 Å². The minimum absolute atomic E-state index is 0.170. The van der Waals surface area contributed by atoms with Crippen LogP contribution in [0.5, 0.6) is 17.2 Å². The second-order valence-corrected chi connectivity index (χ2v) is 7.86. The van der Waals surface area contributed by atoms with Crippen LogP contribution in [-0.2, 0) is 4.79 Å². The lowest BCUT2D eigenvalue weighted by atomic mass is 10.1. The summed E-state index contributed by atoms with van der Waals surface area (Å²) >= 11 is 7.15. The molecular formula is C22H22ClNO5S. The van der Waals surface area contributed by atoms with Crippen LogP contribution in [0.4, 0.5) is 4.79 Å². The summed E-state index contributed by atoms with van der Waals surface area (Å²) in [6.07, 6.45) is 1.62. The summed E-state index contributed by atoms with van der Waals surface area (Å²) in [7, 11) is 1.51. The van der Waals surface area contributed by atoms with Crippen LogP contribution in [0.3, 0.4) is 0 Å². The molecule has 158 valence electrons. The molecule has 0 radical (unpaired) electrons. The number of thioether (sulfide) groups is 1. The van der Waals surface area contributed by atoms with Crippen LogP contribution < -0.4 is 14.2 Å². The van der Waals surface area contributed by atoms with E-state index in [1.54, 1.807) is 18.2 Å². The Morgan fingerprint density at radius 3 is 2.53 bits per heavy atom. The van der Waals surface area contributed by atoms with Crippen molar-refractivity contribution in [3.8, 4) is 17.2 Å². The van der Waals surface area contributed by atoms with Crippen LogP contribution >= 0.6 is 23.4 Å². The van der Waals surface area contributed by atoms with Crippen LogP contribution in [0.25, 0.3) is 6.08 Å². The smallest absolute Gasteiger partial charge is 0.293 e. The SMILES string of the molecule is CCOc1cc(/C=C2\SC(=O)N(CCOc3ccc(C)cc3)C2=O)cc(Cl)c1OC. The number of halogens is 1. The van der Waals surface area contributed by atoms with E-state index in [2.05, 4.69) is 0 Å². The highest BCUT2D eigenvalue weighted by Crippen LogP contribution is 2.38. The summed E-state index contributed by atoms with van der Waals surface area (Å²) in [6.45, 7) is 4.67. The van der Waals surface area contributed by atoms with Crippen molar-refractivity contribution in [3.05, 3.63) is 57.5 Å². The average molecular weight is 448 g/mol. The number of imide groups is 1. The molecular weight excluding hydrogens is 426 g/mol. The van der Waals surface area contributed by atoms with Gasteiger partial charge in [-0.2, -0.15) is 0 Å². The fourth-order valence-corrected chi connectivity index (χ4v) is 4.03. The van der Waals surface area contributed by atoms with Gasteiger partial charge in [0.2, 0.25) is 0 Å². The van der Waals surface area contributed by atoms with Crippen molar-refractivity contribution in [3.63, 3.8) is 0 Å². The van der Waals surface area contributed by atoms with Crippen molar-refractivity contribution in [2.45, 2.75) is 13.8 Å². The van der Waals surface area contributed by atoms with Gasteiger partial charge in [-0.15, -0.1) is 0 Å². The van der Waals surface area contributed by atoms with E-state index >= 15 is 0 Å². The van der Waals surface area contributed by atoms with E-state index in [9.17, 15) is 9.59 Å². The summed E-state index contributed by atoms with van der Waals surface area (Å²) in [5.41, 5.74) is 1.77. The number of carbonyl (C=O) groups is 2. The Balaban J connectivity index is 1.70. The maximum absolute atomic E-state index is 12.7. The van der Waals surface area contributed by atoms with Gasteiger partial charge in [-0.05, 0) is 61.5 Å². The minimum Gasteiger partial charge on any atom is -0.492 e. The molecule has 0 N–H and O–H groups in total. The fourth-order valence-electron chi connectivity index (χ4n) is 2.87. The molecule has 0 saturated carbocycles. The number of benzene rings is 2. The van der Waals surface area contributed by atoms with Gasteiger partial charge in [0.15, 0.2) is 11.5 Å². The van der Waals surface area contributed by atoms with Crippen molar-refractivity contribution < 1.29 is 23.8 Å². The molecule has 0 unspecified atom stereocenters. The summed E-state index contributed by atoms with van der Waals surface area (Å²) in [4.78, 5) is 26.5. The lowest BCUT2D eigenvalue weighted by molar-refractivity contribution is -0.123. The van der Waals surface area contributed by atoms with Gasteiger partial charge in [-0.3, -0.25) is 14.5 Å². The Hall–Kier alpha value is -2.64. The Labute approximate surface area is 184 Å². The molecule has 2 amide bonds. The average Bonchev–Trinajstić information content (AvgIpc) is 2.97. The molecule has 2 aromatic carbocycles. The number of methoxy groups -OCH3 is 1. The molecule has 30 heavy (non-hydrogen) atoms. The maximum atomic E-state index is 12.7. The van der Waals surface area contributed by atoms with E-state index < -0.39 is 0 Å². The number of hydrogen-bond acceptors (Lipinski definition) is 6. The van der Waals surface area contributed by atoms with Gasteiger partial charge >= 0.3 is 0 Å². The molecule has 0 bridgehead atoms. The maximum Gasteiger partial charge on any atom is 0.293 e. The second-order valence-electron chi connectivity index (χ2n) is 6.46. The Morgan fingerprint density at radius 1 is 1.13 bits per heavy atom. The van der Waals surface area contributed by atoms with Gasteiger partial charge in [0, 0.05) is 0 Å². The molecule has 6 nitrogen and oxygen atoms in total. The van der Waals surface area contributed by atoms with Crippen molar-refractivity contribution in [1.82, 2.24) is 4.90 Å². The number of nitrogens with zero attached hydrogens (tertiary/aromatic N) is 1. The van der Waals surface area contributed by atoms with Crippen molar-refractivity contribution >= 4 is 40.6 Å². The van der Waals surface area contributed by atoms with Crippen LogP contribution in [0.15, 0.2) is 41.3 Å². The Morgan fingerprint density at radius 2 is 1.87 bits per heavy atom.